The standard InChI is InChI=1S/C24H45NO26P2/c25-7-10(30)18(5(2-27)46-22(7)50-20-14(34)12(32)13(33)15(35)21(20)51-53(41,42)43)48-24-17(37)19(9(29)4(1-26)45-24)49-23-16(36)11(31)8(28)6(47-23)3-44-52(38,39)40/h4-24,26-37H,1-3,25H2,(H2,38,39,40)(H2,41,42,43)/t4-,5-,6-,7-,8-,9-,10-,11+,12-,13-,14+,15-,16+,17+,18-,19+,20-,21-,22-,23-,24-/m1/s1. The topological polar surface area (TPSA) is 458 Å². The highest BCUT2D eigenvalue weighted by molar-refractivity contribution is 7.46. The first-order valence-corrected chi connectivity index (χ1v) is 18.7. The smallest absolute Gasteiger partial charge is 0.394 e. The summed E-state index contributed by atoms with van der Waals surface area (Å²) in [5, 5.41) is 125. The van der Waals surface area contributed by atoms with Crippen LogP contribution in [0, 0.1) is 0 Å². The number of hydrogen-bond acceptors (Lipinski definition) is 23. The van der Waals surface area contributed by atoms with Gasteiger partial charge in [0.25, 0.3) is 0 Å². The van der Waals surface area contributed by atoms with Gasteiger partial charge in [-0.3, -0.25) is 9.05 Å². The van der Waals surface area contributed by atoms with Crippen molar-refractivity contribution in [2.45, 2.75) is 129 Å². The molecule has 3 aliphatic heterocycles. The predicted octanol–water partition coefficient (Wildman–Crippen LogP) is -10.2. The molecule has 18 N–H and O–H groups in total. The van der Waals surface area contributed by atoms with Gasteiger partial charge in [0.05, 0.1) is 25.9 Å². The van der Waals surface area contributed by atoms with E-state index in [0.717, 1.165) is 0 Å². The molecule has 0 spiro atoms. The lowest BCUT2D eigenvalue weighted by atomic mass is 9.84. The molecule has 0 aromatic heterocycles. The summed E-state index contributed by atoms with van der Waals surface area (Å²) in [5.74, 6) is 0. The van der Waals surface area contributed by atoms with Gasteiger partial charge in [0.2, 0.25) is 0 Å². The van der Waals surface area contributed by atoms with Gasteiger partial charge in [0, 0.05) is 0 Å². The fourth-order valence-electron chi connectivity index (χ4n) is 6.13. The highest BCUT2D eigenvalue weighted by Gasteiger charge is 2.57. The van der Waals surface area contributed by atoms with Gasteiger partial charge in [0.1, 0.15) is 104 Å². The maximum Gasteiger partial charge on any atom is 0.470 e. The summed E-state index contributed by atoms with van der Waals surface area (Å²) in [6.07, 6.45) is -40.4. The van der Waals surface area contributed by atoms with Crippen molar-refractivity contribution in [3.05, 3.63) is 0 Å². The SMILES string of the molecule is N[C@H]1[C@@H](O[C@@H]2[C@@H](O)[C@H](O)[C@@H](O)[C@@H](O)[C@H]2OP(=O)(O)O)O[C@H](CO)[C@@H](O[C@H]2O[C@H](CO)[C@@H](O)[C@H](O[C@H]3O[C@H](COP(=O)(O)O)[C@@H](O)[C@H](O)[C@@H]3O)[C@@H]2O)[C@@H]1O. The first kappa shape index (κ1) is 45.2. The second-order valence-electron chi connectivity index (χ2n) is 12.6. The van der Waals surface area contributed by atoms with E-state index in [1.807, 2.05) is 0 Å². The van der Waals surface area contributed by atoms with Gasteiger partial charge in [-0.15, -0.1) is 0 Å². The molecule has 3 saturated heterocycles. The first-order chi connectivity index (χ1) is 24.5. The lowest BCUT2D eigenvalue weighted by Gasteiger charge is -2.49. The molecule has 1 aliphatic carbocycles. The molecular formula is C24H45NO26P2. The molecule has 0 aromatic rings. The molecule has 312 valence electrons. The molecule has 4 fully saturated rings. The van der Waals surface area contributed by atoms with Crippen molar-refractivity contribution in [2.75, 3.05) is 19.8 Å². The van der Waals surface area contributed by atoms with E-state index >= 15 is 0 Å². The number of rotatable bonds is 13. The van der Waals surface area contributed by atoms with Gasteiger partial charge in [-0.2, -0.15) is 0 Å². The van der Waals surface area contributed by atoms with E-state index in [-0.39, 0.29) is 0 Å². The average molecular weight is 826 g/mol. The Kier molecular flexibility index (Phi) is 15.3. The zero-order valence-corrected chi connectivity index (χ0v) is 28.7. The third-order valence-corrected chi connectivity index (χ3v) is 9.98. The summed E-state index contributed by atoms with van der Waals surface area (Å²) < 4.78 is 64.3. The van der Waals surface area contributed by atoms with Crippen LogP contribution in [0.3, 0.4) is 0 Å². The van der Waals surface area contributed by atoms with Crippen LogP contribution in [-0.4, -0.2) is 229 Å². The van der Waals surface area contributed by atoms with Crippen LogP contribution in [0.25, 0.3) is 0 Å². The second-order valence-corrected chi connectivity index (χ2v) is 15.1. The largest absolute Gasteiger partial charge is 0.470 e. The highest BCUT2D eigenvalue weighted by Crippen LogP contribution is 2.43. The Morgan fingerprint density at radius 1 is 0.472 bits per heavy atom. The molecular weight excluding hydrogens is 780 g/mol. The molecule has 4 aliphatic rings. The molecule has 3 heterocycles. The van der Waals surface area contributed by atoms with Crippen molar-refractivity contribution in [3.8, 4) is 0 Å². The van der Waals surface area contributed by atoms with Crippen LogP contribution in [0.5, 0.6) is 0 Å². The van der Waals surface area contributed by atoms with E-state index in [1.165, 1.54) is 0 Å². The van der Waals surface area contributed by atoms with Crippen molar-refractivity contribution >= 4 is 15.6 Å². The van der Waals surface area contributed by atoms with Gasteiger partial charge in [-0.05, 0) is 0 Å². The molecule has 0 unspecified atom stereocenters. The van der Waals surface area contributed by atoms with Crippen molar-refractivity contribution in [2.24, 2.45) is 5.73 Å². The number of hydrogen-bond donors (Lipinski definition) is 17. The second kappa shape index (κ2) is 17.9. The number of aliphatic hydroxyl groups excluding tert-OH is 12. The van der Waals surface area contributed by atoms with E-state index in [9.17, 15) is 80.2 Å². The van der Waals surface area contributed by atoms with Crippen LogP contribution < -0.4 is 5.73 Å². The Balaban J connectivity index is 1.51. The molecule has 1 saturated carbocycles. The summed E-state index contributed by atoms with van der Waals surface area (Å²) in [6.45, 7) is -3.06. The molecule has 0 radical (unpaired) electrons. The molecule has 27 nitrogen and oxygen atoms in total. The lowest BCUT2D eigenvalue weighted by Crippen LogP contribution is -2.69. The Bertz CT molecular complexity index is 1280. The molecule has 4 rings (SSSR count). The lowest BCUT2D eigenvalue weighted by molar-refractivity contribution is -0.378. The summed E-state index contributed by atoms with van der Waals surface area (Å²) >= 11 is 0. The van der Waals surface area contributed by atoms with E-state index in [4.69, 9.17) is 43.9 Å². The highest BCUT2D eigenvalue weighted by atomic mass is 31.2. The maximum absolute atomic E-state index is 11.6. The quantitative estimate of drug-likeness (QED) is 0.0767. The van der Waals surface area contributed by atoms with E-state index in [1.54, 1.807) is 0 Å². The van der Waals surface area contributed by atoms with Crippen LogP contribution in [-0.2, 0) is 46.6 Å². The normalized spacial score (nSPS) is 48.8. The third-order valence-electron chi connectivity index (χ3n) is 8.98. The van der Waals surface area contributed by atoms with Crippen LogP contribution in [0.4, 0.5) is 0 Å². The zero-order valence-electron chi connectivity index (χ0n) is 27.0. The van der Waals surface area contributed by atoms with E-state index in [0.29, 0.717) is 0 Å². The summed E-state index contributed by atoms with van der Waals surface area (Å²) in [6, 6.07) is -1.79. The molecule has 0 amide bonds. The monoisotopic (exact) mass is 825 g/mol. The van der Waals surface area contributed by atoms with Crippen molar-refractivity contribution < 1.29 is 127 Å². The fourth-order valence-corrected chi connectivity index (χ4v) is 7.03. The fraction of sp³-hybridized carbons (Fsp3) is 1.00. The number of aliphatic hydroxyl groups is 12. The van der Waals surface area contributed by atoms with Crippen molar-refractivity contribution in [1.82, 2.24) is 0 Å². The third kappa shape index (κ3) is 10.3. The number of ether oxygens (including phenoxy) is 6. The van der Waals surface area contributed by atoms with Crippen LogP contribution in [0.1, 0.15) is 0 Å². The molecule has 53 heavy (non-hydrogen) atoms. The molecule has 0 aromatic carbocycles. The number of phosphoric ester groups is 2. The molecule has 0 bridgehead atoms. The Morgan fingerprint density at radius 3 is 1.49 bits per heavy atom. The Hall–Kier alpha value is -0.540. The minimum atomic E-state index is -5.46. The first-order valence-electron chi connectivity index (χ1n) is 15.7. The van der Waals surface area contributed by atoms with Gasteiger partial charge < -0.3 is 115 Å². The number of phosphoric acid groups is 2. The van der Waals surface area contributed by atoms with Gasteiger partial charge in [0.15, 0.2) is 18.9 Å². The van der Waals surface area contributed by atoms with E-state index < -0.39 is 164 Å². The molecule has 21 atom stereocenters. The minimum absolute atomic E-state index is 0.988. The van der Waals surface area contributed by atoms with Crippen molar-refractivity contribution in [3.63, 3.8) is 0 Å². The Labute approximate surface area is 297 Å². The Morgan fingerprint density at radius 2 is 0.943 bits per heavy atom. The maximum atomic E-state index is 11.6. The summed E-state index contributed by atoms with van der Waals surface area (Å²) in [5.41, 5.74) is 6.06. The van der Waals surface area contributed by atoms with Gasteiger partial charge in [-0.1, -0.05) is 0 Å². The van der Waals surface area contributed by atoms with Gasteiger partial charge in [-0.25, -0.2) is 9.13 Å². The minimum Gasteiger partial charge on any atom is -0.394 e. The summed E-state index contributed by atoms with van der Waals surface area (Å²) in [4.78, 5) is 36.6. The van der Waals surface area contributed by atoms with Crippen molar-refractivity contribution in [1.29, 1.82) is 0 Å². The number of nitrogens with two attached hydrogens (primary N) is 1. The summed E-state index contributed by atoms with van der Waals surface area (Å²) in [7, 11) is -10.6. The van der Waals surface area contributed by atoms with E-state index in [2.05, 4.69) is 9.05 Å². The molecule has 29 heteroatoms. The van der Waals surface area contributed by atoms with Crippen LogP contribution >= 0.6 is 15.6 Å². The average Bonchev–Trinajstić information content (AvgIpc) is 3.08. The predicted molar refractivity (Wildman–Crippen MR) is 158 cm³/mol. The zero-order chi connectivity index (χ0) is 39.9. The van der Waals surface area contributed by atoms with Crippen LogP contribution in [0.2, 0.25) is 0 Å². The van der Waals surface area contributed by atoms with Gasteiger partial charge >= 0.3 is 15.6 Å². The van der Waals surface area contributed by atoms with Crippen LogP contribution in [0.15, 0.2) is 0 Å².